The zero-order valence-corrected chi connectivity index (χ0v) is 9.44. The molecule has 0 N–H and O–H groups in total. The van der Waals surface area contributed by atoms with Gasteiger partial charge in [0.15, 0.2) is 0 Å². The molecule has 0 bridgehead atoms. The lowest BCUT2D eigenvalue weighted by Gasteiger charge is -2.27. The van der Waals surface area contributed by atoms with Crippen molar-refractivity contribution in [2.45, 2.75) is 19.4 Å². The Morgan fingerprint density at radius 3 is 3.20 bits per heavy atom. The van der Waals surface area contributed by atoms with Crippen LogP contribution in [-0.2, 0) is 4.74 Å². The van der Waals surface area contributed by atoms with Crippen LogP contribution in [-0.4, -0.2) is 35.8 Å². The van der Waals surface area contributed by atoms with Gasteiger partial charge in [-0.15, -0.1) is 0 Å². The molecule has 0 spiro atoms. The molecule has 0 radical (unpaired) electrons. The van der Waals surface area contributed by atoms with Crippen LogP contribution in [0.1, 0.15) is 13.3 Å². The molecule has 1 aliphatic heterocycles. The minimum absolute atomic E-state index is 0.332. The summed E-state index contributed by atoms with van der Waals surface area (Å²) < 4.78 is 5.47. The van der Waals surface area contributed by atoms with Crippen molar-refractivity contribution < 1.29 is 4.74 Å². The zero-order chi connectivity index (χ0) is 10.7. The highest BCUT2D eigenvalue weighted by atomic mass is 35.5. The lowest BCUT2D eigenvalue weighted by atomic mass is 10.3. The molecular weight excluding hydrogens is 214 g/mol. The second-order valence-corrected chi connectivity index (χ2v) is 4.06. The maximum Gasteiger partial charge on any atom is 0.134 e. The van der Waals surface area contributed by atoms with E-state index in [0.717, 1.165) is 32.0 Å². The first-order valence-electron chi connectivity index (χ1n) is 5.09. The summed E-state index contributed by atoms with van der Waals surface area (Å²) in [5.74, 6) is 0.882. The van der Waals surface area contributed by atoms with Crippen LogP contribution in [0.25, 0.3) is 0 Å². The normalized spacial score (nSPS) is 22.5. The number of hydrogen-bond acceptors (Lipinski definition) is 4. The standard InChI is InChI=1S/C10H14ClN3O/c1-8-6-15-4-2-3-14(8)10-5-9(11)12-7-13-10/h5,7-8H,2-4,6H2,1H3. The van der Waals surface area contributed by atoms with Crippen LogP contribution in [0.15, 0.2) is 12.4 Å². The van der Waals surface area contributed by atoms with Crippen molar-refractivity contribution in [3.05, 3.63) is 17.5 Å². The maximum absolute atomic E-state index is 5.84. The monoisotopic (exact) mass is 227 g/mol. The van der Waals surface area contributed by atoms with Crippen LogP contribution >= 0.6 is 11.6 Å². The first kappa shape index (κ1) is 10.6. The Morgan fingerprint density at radius 2 is 2.40 bits per heavy atom. The molecule has 1 atom stereocenters. The van der Waals surface area contributed by atoms with Gasteiger partial charge in [-0.1, -0.05) is 11.6 Å². The van der Waals surface area contributed by atoms with E-state index in [2.05, 4.69) is 21.8 Å². The predicted molar refractivity (Wildman–Crippen MR) is 59.3 cm³/mol. The summed E-state index contributed by atoms with van der Waals surface area (Å²) in [6.07, 6.45) is 2.52. The molecule has 0 saturated carbocycles. The van der Waals surface area contributed by atoms with Gasteiger partial charge in [-0.2, -0.15) is 0 Å². The molecule has 5 heteroatoms. The summed E-state index contributed by atoms with van der Waals surface area (Å²) in [6, 6.07) is 2.13. The Hall–Kier alpha value is -0.870. The fourth-order valence-corrected chi connectivity index (χ4v) is 1.86. The van der Waals surface area contributed by atoms with Gasteiger partial charge in [-0.05, 0) is 13.3 Å². The third kappa shape index (κ3) is 2.58. The Balaban J connectivity index is 2.20. The Labute approximate surface area is 94.2 Å². The van der Waals surface area contributed by atoms with E-state index in [1.165, 1.54) is 6.33 Å². The van der Waals surface area contributed by atoms with Crippen molar-refractivity contribution in [2.75, 3.05) is 24.7 Å². The van der Waals surface area contributed by atoms with Crippen molar-refractivity contribution in [1.29, 1.82) is 0 Å². The largest absolute Gasteiger partial charge is 0.379 e. The summed E-state index contributed by atoms with van der Waals surface area (Å²) in [5, 5.41) is 0.484. The van der Waals surface area contributed by atoms with E-state index in [4.69, 9.17) is 16.3 Å². The predicted octanol–water partition coefficient (Wildman–Crippen LogP) is 1.75. The maximum atomic E-state index is 5.84. The molecule has 0 amide bonds. The Kier molecular flexibility index (Phi) is 3.38. The molecule has 2 heterocycles. The van der Waals surface area contributed by atoms with E-state index < -0.39 is 0 Å². The SMILES string of the molecule is CC1COCCCN1c1cc(Cl)ncn1. The van der Waals surface area contributed by atoms with E-state index in [1.807, 2.05) is 0 Å². The van der Waals surface area contributed by atoms with Crippen molar-refractivity contribution in [1.82, 2.24) is 9.97 Å². The molecule has 82 valence electrons. The topological polar surface area (TPSA) is 38.2 Å². The summed E-state index contributed by atoms with van der Waals surface area (Å²) in [5.41, 5.74) is 0. The number of halogens is 1. The summed E-state index contributed by atoms with van der Waals surface area (Å²) >= 11 is 5.84. The molecule has 4 nitrogen and oxygen atoms in total. The quantitative estimate of drug-likeness (QED) is 0.686. The van der Waals surface area contributed by atoms with Gasteiger partial charge in [0.05, 0.1) is 12.6 Å². The molecule has 0 aromatic carbocycles. The van der Waals surface area contributed by atoms with Crippen LogP contribution in [0, 0.1) is 0 Å². The molecule has 1 unspecified atom stereocenters. The lowest BCUT2D eigenvalue weighted by Crippen LogP contribution is -2.35. The molecule has 1 aliphatic rings. The van der Waals surface area contributed by atoms with Gasteiger partial charge in [-0.25, -0.2) is 9.97 Å². The lowest BCUT2D eigenvalue weighted by molar-refractivity contribution is 0.137. The molecule has 1 aromatic heterocycles. The van der Waals surface area contributed by atoms with E-state index in [9.17, 15) is 0 Å². The van der Waals surface area contributed by atoms with E-state index in [1.54, 1.807) is 6.07 Å². The highest BCUT2D eigenvalue weighted by Gasteiger charge is 2.18. The van der Waals surface area contributed by atoms with E-state index in [-0.39, 0.29) is 0 Å². The summed E-state index contributed by atoms with van der Waals surface area (Å²) in [4.78, 5) is 10.3. The molecule has 0 aliphatic carbocycles. The van der Waals surface area contributed by atoms with E-state index >= 15 is 0 Å². The van der Waals surface area contributed by atoms with Gasteiger partial charge in [0.25, 0.3) is 0 Å². The van der Waals surface area contributed by atoms with Crippen molar-refractivity contribution in [3.8, 4) is 0 Å². The van der Waals surface area contributed by atoms with Crippen LogP contribution in [0.2, 0.25) is 5.15 Å². The van der Waals surface area contributed by atoms with E-state index in [0.29, 0.717) is 11.2 Å². The van der Waals surface area contributed by atoms with Crippen molar-refractivity contribution in [2.24, 2.45) is 0 Å². The average molecular weight is 228 g/mol. The third-order valence-corrected chi connectivity index (χ3v) is 2.70. The summed E-state index contributed by atoms with van der Waals surface area (Å²) in [7, 11) is 0. The smallest absolute Gasteiger partial charge is 0.134 e. The average Bonchev–Trinajstić information content (AvgIpc) is 2.43. The van der Waals surface area contributed by atoms with Gasteiger partial charge in [0.2, 0.25) is 0 Å². The second kappa shape index (κ2) is 4.77. The van der Waals surface area contributed by atoms with Crippen LogP contribution < -0.4 is 4.90 Å². The van der Waals surface area contributed by atoms with Gasteiger partial charge in [0, 0.05) is 19.2 Å². The number of anilines is 1. The molecule has 2 rings (SSSR count). The minimum Gasteiger partial charge on any atom is -0.379 e. The fourth-order valence-electron chi connectivity index (χ4n) is 1.72. The highest BCUT2D eigenvalue weighted by molar-refractivity contribution is 6.29. The van der Waals surface area contributed by atoms with Gasteiger partial charge in [-0.3, -0.25) is 0 Å². The zero-order valence-electron chi connectivity index (χ0n) is 8.69. The number of rotatable bonds is 1. The molecular formula is C10H14ClN3O. The molecule has 1 saturated heterocycles. The van der Waals surface area contributed by atoms with Crippen LogP contribution in [0.3, 0.4) is 0 Å². The number of nitrogens with zero attached hydrogens (tertiary/aromatic N) is 3. The highest BCUT2D eigenvalue weighted by Crippen LogP contribution is 2.18. The Bertz CT molecular complexity index is 334. The first-order chi connectivity index (χ1) is 7.27. The fraction of sp³-hybridized carbons (Fsp3) is 0.600. The first-order valence-corrected chi connectivity index (χ1v) is 5.47. The third-order valence-electron chi connectivity index (χ3n) is 2.49. The number of hydrogen-bond donors (Lipinski definition) is 0. The molecule has 15 heavy (non-hydrogen) atoms. The van der Waals surface area contributed by atoms with Gasteiger partial charge >= 0.3 is 0 Å². The molecule has 1 aromatic rings. The molecule has 1 fully saturated rings. The number of aromatic nitrogens is 2. The number of ether oxygens (including phenoxy) is 1. The van der Waals surface area contributed by atoms with Crippen molar-refractivity contribution >= 4 is 17.4 Å². The second-order valence-electron chi connectivity index (χ2n) is 3.67. The van der Waals surface area contributed by atoms with Crippen LogP contribution in [0.5, 0.6) is 0 Å². The van der Waals surface area contributed by atoms with Crippen LogP contribution in [0.4, 0.5) is 5.82 Å². The minimum atomic E-state index is 0.332. The summed E-state index contributed by atoms with van der Waals surface area (Å²) in [6.45, 7) is 4.64. The van der Waals surface area contributed by atoms with Gasteiger partial charge in [0.1, 0.15) is 17.3 Å². The van der Waals surface area contributed by atoms with Gasteiger partial charge < -0.3 is 9.64 Å². The van der Waals surface area contributed by atoms with Crippen molar-refractivity contribution in [3.63, 3.8) is 0 Å². The Morgan fingerprint density at radius 1 is 1.53 bits per heavy atom.